The Hall–Kier alpha value is -1.80. The zero-order valence-electron chi connectivity index (χ0n) is 10.4. The van der Waals surface area contributed by atoms with E-state index in [1.165, 1.54) is 24.3 Å². The summed E-state index contributed by atoms with van der Waals surface area (Å²) >= 11 is 0. The molecule has 9 heteroatoms. The van der Waals surface area contributed by atoms with Crippen molar-refractivity contribution in [2.45, 2.75) is 30.9 Å². The summed E-state index contributed by atoms with van der Waals surface area (Å²) < 4.78 is 86.7. The molecule has 0 aliphatic rings. The van der Waals surface area contributed by atoms with Crippen LogP contribution in [0.4, 0.5) is 36.4 Å². The van der Waals surface area contributed by atoms with Crippen LogP contribution in [0.25, 0.3) is 0 Å². The lowest BCUT2D eigenvalue weighted by molar-refractivity contribution is -0.355. The molecule has 0 aliphatic heterocycles. The molecule has 1 aromatic rings. The second-order valence-corrected chi connectivity index (χ2v) is 4.19. The predicted octanol–water partition coefficient (Wildman–Crippen LogP) is 4.24. The molecule has 118 valence electrons. The Labute approximate surface area is 114 Å². The highest BCUT2D eigenvalue weighted by Gasteiger charge is 2.72. The van der Waals surface area contributed by atoms with E-state index in [0.717, 1.165) is 0 Å². The Morgan fingerprint density at radius 2 is 1.48 bits per heavy atom. The second kappa shape index (κ2) is 5.90. The molecule has 0 bridgehead atoms. The molecular weight excluding hydrogens is 307 g/mol. The van der Waals surface area contributed by atoms with Gasteiger partial charge in [0.2, 0.25) is 5.91 Å². The van der Waals surface area contributed by atoms with Gasteiger partial charge in [-0.1, -0.05) is 18.2 Å². The van der Waals surface area contributed by atoms with Crippen molar-refractivity contribution >= 4 is 11.6 Å². The highest BCUT2D eigenvalue weighted by Crippen LogP contribution is 2.48. The number of alkyl halides is 7. The minimum absolute atomic E-state index is 0.216. The van der Waals surface area contributed by atoms with Gasteiger partial charge >= 0.3 is 18.0 Å². The third kappa shape index (κ3) is 4.08. The number of nitrogens with one attached hydrogen (secondary N) is 1. The van der Waals surface area contributed by atoms with E-state index in [9.17, 15) is 35.5 Å². The van der Waals surface area contributed by atoms with Gasteiger partial charge in [0.25, 0.3) is 0 Å². The molecule has 0 saturated carbocycles. The lowest BCUT2D eigenvalue weighted by Crippen LogP contribution is -2.52. The van der Waals surface area contributed by atoms with E-state index in [1.807, 2.05) is 0 Å². The first kappa shape index (κ1) is 17.3. The molecular formula is C12H10F7NO. The number of hydrogen-bond donors (Lipinski definition) is 1. The highest BCUT2D eigenvalue weighted by molar-refractivity contribution is 5.90. The van der Waals surface area contributed by atoms with Gasteiger partial charge in [-0.3, -0.25) is 4.79 Å². The maximum atomic E-state index is 12.9. The average molecular weight is 317 g/mol. The molecule has 0 aromatic heterocycles. The summed E-state index contributed by atoms with van der Waals surface area (Å²) in [5.74, 6) is -12.6. The second-order valence-electron chi connectivity index (χ2n) is 4.19. The molecule has 2 nitrogen and oxygen atoms in total. The van der Waals surface area contributed by atoms with Crippen molar-refractivity contribution in [2.75, 3.05) is 5.32 Å². The summed E-state index contributed by atoms with van der Waals surface area (Å²) in [6.07, 6.45) is -9.47. The number of hydrogen-bond acceptors (Lipinski definition) is 1. The topological polar surface area (TPSA) is 29.1 Å². The summed E-state index contributed by atoms with van der Waals surface area (Å²) in [5.41, 5.74) is 0.216. The van der Waals surface area contributed by atoms with Crippen molar-refractivity contribution in [3.63, 3.8) is 0 Å². The van der Waals surface area contributed by atoms with Crippen molar-refractivity contribution < 1.29 is 35.5 Å². The molecule has 1 N–H and O–H groups in total. The molecule has 0 unspecified atom stereocenters. The molecule has 0 atom stereocenters. The van der Waals surface area contributed by atoms with E-state index in [0.29, 0.717) is 0 Å². The van der Waals surface area contributed by atoms with Crippen LogP contribution in [-0.4, -0.2) is 23.9 Å². The summed E-state index contributed by atoms with van der Waals surface area (Å²) in [4.78, 5) is 11.3. The van der Waals surface area contributed by atoms with Crippen LogP contribution in [0.15, 0.2) is 30.3 Å². The fourth-order valence-corrected chi connectivity index (χ4v) is 1.38. The number of halogens is 7. The standard InChI is InChI=1S/C12H10F7NO/c13-10(14,11(15,16)12(17,18)19)7-6-9(21)20-8-4-2-1-3-5-8/h1-5H,6-7H2,(H,20,21). The average Bonchev–Trinajstić information content (AvgIpc) is 2.36. The predicted molar refractivity (Wildman–Crippen MR) is 60.3 cm³/mol. The van der Waals surface area contributed by atoms with Crippen molar-refractivity contribution in [1.82, 2.24) is 0 Å². The maximum absolute atomic E-state index is 12.9. The van der Waals surface area contributed by atoms with Gasteiger partial charge in [0.05, 0.1) is 0 Å². The summed E-state index contributed by atoms with van der Waals surface area (Å²) in [6.45, 7) is 0. The summed E-state index contributed by atoms with van der Waals surface area (Å²) in [5, 5.41) is 2.11. The SMILES string of the molecule is O=C(CCC(F)(F)C(F)(F)C(F)(F)F)Nc1ccccc1. The van der Waals surface area contributed by atoms with Crippen molar-refractivity contribution in [1.29, 1.82) is 0 Å². The maximum Gasteiger partial charge on any atom is 0.459 e. The quantitative estimate of drug-likeness (QED) is 0.809. The van der Waals surface area contributed by atoms with Gasteiger partial charge in [-0.25, -0.2) is 0 Å². The van der Waals surface area contributed by atoms with Crippen molar-refractivity contribution in [3.8, 4) is 0 Å². The monoisotopic (exact) mass is 317 g/mol. The summed E-state index contributed by atoms with van der Waals surface area (Å²) in [7, 11) is 0. The smallest absolute Gasteiger partial charge is 0.326 e. The van der Waals surface area contributed by atoms with Gasteiger partial charge in [-0.05, 0) is 12.1 Å². The van der Waals surface area contributed by atoms with Gasteiger partial charge in [0.1, 0.15) is 0 Å². The van der Waals surface area contributed by atoms with Crippen LogP contribution < -0.4 is 5.32 Å². The van der Waals surface area contributed by atoms with Crippen LogP contribution in [-0.2, 0) is 4.79 Å². The molecule has 1 rings (SSSR count). The first-order valence-electron chi connectivity index (χ1n) is 5.64. The first-order chi connectivity index (χ1) is 9.47. The van der Waals surface area contributed by atoms with Crippen LogP contribution in [0, 0.1) is 0 Å². The Balaban J connectivity index is 2.63. The van der Waals surface area contributed by atoms with E-state index in [2.05, 4.69) is 5.32 Å². The third-order valence-corrected chi connectivity index (χ3v) is 2.54. The molecule has 1 aromatic carbocycles. The highest BCUT2D eigenvalue weighted by atomic mass is 19.4. The minimum Gasteiger partial charge on any atom is -0.326 e. The van der Waals surface area contributed by atoms with Crippen LogP contribution in [0.2, 0.25) is 0 Å². The summed E-state index contributed by atoms with van der Waals surface area (Å²) in [6, 6.07) is 7.44. The van der Waals surface area contributed by atoms with Crippen LogP contribution in [0.1, 0.15) is 12.8 Å². The first-order valence-corrected chi connectivity index (χ1v) is 5.64. The van der Waals surface area contributed by atoms with Crippen LogP contribution >= 0.6 is 0 Å². The van der Waals surface area contributed by atoms with Crippen molar-refractivity contribution in [3.05, 3.63) is 30.3 Å². The van der Waals surface area contributed by atoms with Gasteiger partial charge in [0.15, 0.2) is 0 Å². The molecule has 1 amide bonds. The number of benzene rings is 1. The minimum atomic E-state index is -6.38. The molecule has 0 spiro atoms. The van der Waals surface area contributed by atoms with Gasteiger partial charge < -0.3 is 5.32 Å². The number of rotatable bonds is 5. The van der Waals surface area contributed by atoms with E-state index >= 15 is 0 Å². The lowest BCUT2D eigenvalue weighted by atomic mass is 10.1. The molecule has 21 heavy (non-hydrogen) atoms. The Morgan fingerprint density at radius 3 is 1.95 bits per heavy atom. The fraction of sp³-hybridized carbons (Fsp3) is 0.417. The third-order valence-electron chi connectivity index (χ3n) is 2.54. The molecule has 0 aliphatic carbocycles. The van der Waals surface area contributed by atoms with E-state index in [-0.39, 0.29) is 5.69 Å². The zero-order chi connectivity index (χ0) is 16.3. The van der Waals surface area contributed by atoms with Crippen molar-refractivity contribution in [2.24, 2.45) is 0 Å². The normalized spacial score (nSPS) is 13.1. The lowest BCUT2D eigenvalue weighted by Gasteiger charge is -2.27. The van der Waals surface area contributed by atoms with E-state index in [4.69, 9.17) is 0 Å². The number of amides is 1. The Bertz CT molecular complexity index is 484. The Kier molecular flexibility index (Phi) is 4.85. The molecule has 0 saturated heterocycles. The molecule has 0 heterocycles. The zero-order valence-corrected chi connectivity index (χ0v) is 10.4. The van der Waals surface area contributed by atoms with Crippen LogP contribution in [0.5, 0.6) is 0 Å². The largest absolute Gasteiger partial charge is 0.459 e. The van der Waals surface area contributed by atoms with E-state index < -0.39 is 36.8 Å². The van der Waals surface area contributed by atoms with E-state index in [1.54, 1.807) is 6.07 Å². The van der Waals surface area contributed by atoms with Gasteiger partial charge in [-0.2, -0.15) is 30.7 Å². The van der Waals surface area contributed by atoms with Crippen LogP contribution in [0.3, 0.4) is 0 Å². The number of para-hydroxylation sites is 1. The van der Waals surface area contributed by atoms with Gasteiger partial charge in [0, 0.05) is 18.5 Å². The van der Waals surface area contributed by atoms with Gasteiger partial charge in [-0.15, -0.1) is 0 Å². The Morgan fingerprint density at radius 1 is 0.952 bits per heavy atom. The number of anilines is 1. The number of carbonyl (C=O) groups is 1. The fourth-order valence-electron chi connectivity index (χ4n) is 1.38. The number of carbonyl (C=O) groups excluding carboxylic acids is 1. The molecule has 0 radical (unpaired) electrons. The molecule has 0 fully saturated rings.